The van der Waals surface area contributed by atoms with Crippen molar-refractivity contribution in [3.05, 3.63) is 59.8 Å². The Labute approximate surface area is 132 Å². The van der Waals surface area contributed by atoms with Crippen LogP contribution in [0.4, 0.5) is 5.82 Å². The molecule has 1 unspecified atom stereocenters. The molecule has 0 radical (unpaired) electrons. The first-order chi connectivity index (χ1) is 10.5. The quantitative estimate of drug-likeness (QED) is 0.735. The molecular weight excluding hydrogens is 274 g/mol. The number of nitrogens with two attached hydrogens (primary N) is 1. The maximum Gasteiger partial charge on any atom is 0.123 e. The van der Waals surface area contributed by atoms with Crippen LogP contribution < -0.4 is 11.1 Å². The van der Waals surface area contributed by atoms with Gasteiger partial charge in [-0.3, -0.25) is 0 Å². The van der Waals surface area contributed by atoms with Gasteiger partial charge < -0.3 is 16.2 Å². The van der Waals surface area contributed by atoms with E-state index in [1.807, 2.05) is 12.1 Å². The van der Waals surface area contributed by atoms with Crippen molar-refractivity contribution in [2.24, 2.45) is 0 Å². The smallest absolute Gasteiger partial charge is 0.123 e. The summed E-state index contributed by atoms with van der Waals surface area (Å²) >= 11 is 0. The number of nitrogen functional groups attached to an aromatic ring is 1. The SMILES string of the molecule is CC(C)(CCc1ccccc1)NCC(O)c1ccc(N)nc1. The van der Waals surface area contributed by atoms with Gasteiger partial charge in [-0.15, -0.1) is 0 Å². The number of anilines is 1. The summed E-state index contributed by atoms with van der Waals surface area (Å²) in [6.07, 6.45) is 3.06. The van der Waals surface area contributed by atoms with Gasteiger partial charge >= 0.3 is 0 Å². The first-order valence-electron chi connectivity index (χ1n) is 7.65. The number of benzene rings is 1. The van der Waals surface area contributed by atoms with E-state index in [2.05, 4.69) is 48.4 Å². The third kappa shape index (κ3) is 5.13. The maximum atomic E-state index is 10.2. The highest BCUT2D eigenvalue weighted by Gasteiger charge is 2.19. The Morgan fingerprint density at radius 2 is 1.91 bits per heavy atom. The van der Waals surface area contributed by atoms with E-state index in [0.29, 0.717) is 12.4 Å². The summed E-state index contributed by atoms with van der Waals surface area (Å²) in [4.78, 5) is 4.01. The maximum absolute atomic E-state index is 10.2. The van der Waals surface area contributed by atoms with Gasteiger partial charge in [0.1, 0.15) is 5.82 Å². The molecule has 0 aliphatic heterocycles. The van der Waals surface area contributed by atoms with Crippen LogP contribution in [0.25, 0.3) is 0 Å². The van der Waals surface area contributed by atoms with Crippen LogP contribution in [0.2, 0.25) is 0 Å². The Morgan fingerprint density at radius 1 is 1.18 bits per heavy atom. The highest BCUT2D eigenvalue weighted by molar-refractivity contribution is 5.30. The number of aliphatic hydroxyl groups excluding tert-OH is 1. The van der Waals surface area contributed by atoms with E-state index in [-0.39, 0.29) is 5.54 Å². The number of hydrogen-bond donors (Lipinski definition) is 3. The van der Waals surface area contributed by atoms with Crippen LogP contribution in [0, 0.1) is 0 Å². The van der Waals surface area contributed by atoms with Gasteiger partial charge in [0.05, 0.1) is 6.10 Å². The van der Waals surface area contributed by atoms with Crippen molar-refractivity contribution >= 4 is 5.82 Å². The Balaban J connectivity index is 1.82. The fraction of sp³-hybridized carbons (Fsp3) is 0.389. The van der Waals surface area contributed by atoms with E-state index < -0.39 is 6.10 Å². The zero-order valence-corrected chi connectivity index (χ0v) is 13.3. The molecule has 0 aliphatic rings. The number of aryl methyl sites for hydroxylation is 1. The second-order valence-electron chi connectivity index (χ2n) is 6.28. The normalized spacial score (nSPS) is 13.0. The van der Waals surface area contributed by atoms with Crippen LogP contribution in [0.3, 0.4) is 0 Å². The van der Waals surface area contributed by atoms with Gasteiger partial charge in [0.2, 0.25) is 0 Å². The monoisotopic (exact) mass is 299 g/mol. The molecule has 1 atom stereocenters. The van der Waals surface area contributed by atoms with Gasteiger partial charge in [0.15, 0.2) is 0 Å². The summed E-state index contributed by atoms with van der Waals surface area (Å²) in [6.45, 7) is 4.81. The zero-order valence-electron chi connectivity index (χ0n) is 13.3. The number of nitrogens with zero attached hydrogens (tertiary/aromatic N) is 1. The molecule has 0 saturated heterocycles. The Morgan fingerprint density at radius 3 is 2.55 bits per heavy atom. The Hall–Kier alpha value is -1.91. The molecule has 2 aromatic rings. The number of pyridine rings is 1. The van der Waals surface area contributed by atoms with Crippen molar-refractivity contribution < 1.29 is 5.11 Å². The number of hydrogen-bond acceptors (Lipinski definition) is 4. The van der Waals surface area contributed by atoms with Gasteiger partial charge in [-0.1, -0.05) is 36.4 Å². The van der Waals surface area contributed by atoms with Gasteiger partial charge in [-0.25, -0.2) is 4.98 Å². The van der Waals surface area contributed by atoms with Crippen LogP contribution in [-0.2, 0) is 6.42 Å². The molecule has 2 rings (SSSR count). The molecular formula is C18H25N3O. The molecule has 1 aromatic carbocycles. The molecule has 4 N–H and O–H groups in total. The summed E-state index contributed by atoms with van der Waals surface area (Å²) in [5.41, 5.74) is 7.63. The standard InChI is InChI=1S/C18H25N3O/c1-18(2,11-10-14-6-4-3-5-7-14)21-13-16(22)15-8-9-17(19)20-12-15/h3-9,12,16,21-22H,10-11,13H2,1-2H3,(H2,19,20). The van der Waals surface area contributed by atoms with Crippen LogP contribution >= 0.6 is 0 Å². The van der Waals surface area contributed by atoms with Crippen molar-refractivity contribution in [2.75, 3.05) is 12.3 Å². The Bertz CT molecular complexity index is 567. The largest absolute Gasteiger partial charge is 0.387 e. The molecule has 4 nitrogen and oxygen atoms in total. The van der Waals surface area contributed by atoms with E-state index in [9.17, 15) is 5.11 Å². The van der Waals surface area contributed by atoms with Crippen LogP contribution in [0.5, 0.6) is 0 Å². The lowest BCUT2D eigenvalue weighted by Crippen LogP contribution is -2.42. The Kier molecular flexibility index (Phi) is 5.52. The lowest BCUT2D eigenvalue weighted by atomic mass is 9.95. The van der Waals surface area contributed by atoms with Crippen molar-refractivity contribution in [3.8, 4) is 0 Å². The van der Waals surface area contributed by atoms with E-state index in [0.717, 1.165) is 18.4 Å². The fourth-order valence-corrected chi connectivity index (χ4v) is 2.29. The summed E-state index contributed by atoms with van der Waals surface area (Å²) in [6, 6.07) is 14.0. The van der Waals surface area contributed by atoms with Gasteiger partial charge in [-0.05, 0) is 38.3 Å². The van der Waals surface area contributed by atoms with E-state index >= 15 is 0 Å². The zero-order chi connectivity index (χ0) is 16.0. The summed E-state index contributed by atoms with van der Waals surface area (Å²) in [7, 11) is 0. The predicted molar refractivity (Wildman–Crippen MR) is 90.5 cm³/mol. The summed E-state index contributed by atoms with van der Waals surface area (Å²) in [5, 5.41) is 13.6. The minimum absolute atomic E-state index is 0.0436. The fourth-order valence-electron chi connectivity index (χ4n) is 2.29. The highest BCUT2D eigenvalue weighted by Crippen LogP contribution is 2.17. The second-order valence-corrected chi connectivity index (χ2v) is 6.28. The highest BCUT2D eigenvalue weighted by atomic mass is 16.3. The van der Waals surface area contributed by atoms with Crippen molar-refractivity contribution in [1.29, 1.82) is 0 Å². The van der Waals surface area contributed by atoms with Gasteiger partial charge in [0, 0.05) is 23.8 Å². The molecule has 22 heavy (non-hydrogen) atoms. The minimum atomic E-state index is -0.580. The summed E-state index contributed by atoms with van der Waals surface area (Å²) < 4.78 is 0. The summed E-state index contributed by atoms with van der Waals surface area (Å²) in [5.74, 6) is 0.465. The molecule has 0 aliphatic carbocycles. The number of aliphatic hydroxyl groups is 1. The van der Waals surface area contributed by atoms with Crippen molar-refractivity contribution in [2.45, 2.75) is 38.3 Å². The molecule has 118 valence electrons. The van der Waals surface area contributed by atoms with Crippen molar-refractivity contribution in [1.82, 2.24) is 10.3 Å². The minimum Gasteiger partial charge on any atom is -0.387 e. The second kappa shape index (κ2) is 7.38. The molecule has 1 heterocycles. The first kappa shape index (κ1) is 16.5. The van der Waals surface area contributed by atoms with Crippen LogP contribution in [0.1, 0.15) is 37.5 Å². The third-order valence-corrected chi connectivity index (χ3v) is 3.85. The average Bonchev–Trinajstić information content (AvgIpc) is 2.53. The third-order valence-electron chi connectivity index (χ3n) is 3.85. The molecule has 0 spiro atoms. The lowest BCUT2D eigenvalue weighted by molar-refractivity contribution is 0.159. The van der Waals surface area contributed by atoms with Gasteiger partial charge in [0.25, 0.3) is 0 Å². The number of rotatable bonds is 7. The first-order valence-corrected chi connectivity index (χ1v) is 7.65. The number of aromatic nitrogens is 1. The van der Waals surface area contributed by atoms with Crippen LogP contribution in [0.15, 0.2) is 48.7 Å². The van der Waals surface area contributed by atoms with E-state index in [4.69, 9.17) is 5.73 Å². The predicted octanol–water partition coefficient (Wildman–Crippen LogP) is 2.70. The van der Waals surface area contributed by atoms with Crippen molar-refractivity contribution in [3.63, 3.8) is 0 Å². The number of β-amino-alcohol motifs (C(OH)–C–C–N with tert-alkyl or cyclic N) is 1. The molecule has 0 bridgehead atoms. The molecule has 0 saturated carbocycles. The van der Waals surface area contributed by atoms with E-state index in [1.165, 1.54) is 5.56 Å². The van der Waals surface area contributed by atoms with E-state index in [1.54, 1.807) is 12.3 Å². The molecule has 0 amide bonds. The topological polar surface area (TPSA) is 71.2 Å². The molecule has 4 heteroatoms. The lowest BCUT2D eigenvalue weighted by Gasteiger charge is -2.28. The van der Waals surface area contributed by atoms with Gasteiger partial charge in [-0.2, -0.15) is 0 Å². The average molecular weight is 299 g/mol. The number of nitrogens with one attached hydrogen (secondary N) is 1. The van der Waals surface area contributed by atoms with Crippen LogP contribution in [-0.4, -0.2) is 22.2 Å². The molecule has 0 fully saturated rings. The molecule has 1 aromatic heterocycles.